The highest BCUT2D eigenvalue weighted by Gasteiger charge is 2.05. The maximum Gasteiger partial charge on any atom is 0.201 e. The van der Waals surface area contributed by atoms with Gasteiger partial charge >= 0.3 is 0 Å². The number of nitrogens with zero attached hydrogens (tertiary/aromatic N) is 1. The Morgan fingerprint density at radius 1 is 1.44 bits per heavy atom. The Morgan fingerprint density at radius 3 is 3.00 bits per heavy atom. The van der Waals surface area contributed by atoms with E-state index in [0.29, 0.717) is 11.9 Å². The van der Waals surface area contributed by atoms with Crippen molar-refractivity contribution >= 4 is 28.6 Å². The van der Waals surface area contributed by atoms with Crippen molar-refractivity contribution in [3.63, 3.8) is 0 Å². The van der Waals surface area contributed by atoms with Crippen LogP contribution in [0.1, 0.15) is 19.8 Å². The molecule has 0 spiro atoms. The molecule has 0 bridgehead atoms. The van der Waals surface area contributed by atoms with Crippen LogP contribution < -0.4 is 5.32 Å². The van der Waals surface area contributed by atoms with Crippen LogP contribution in [0.5, 0.6) is 0 Å². The lowest BCUT2D eigenvalue weighted by atomic mass is 10.2. The molecular formula is C12H16ClN3. The average Bonchev–Trinajstić information content (AvgIpc) is 2.68. The Hall–Kier alpha value is -1.22. The van der Waals surface area contributed by atoms with E-state index in [1.54, 1.807) is 0 Å². The standard InChI is InChI=1S/C12H16ClN3/c1-9(5-4-8-13)14-12-15-10-6-2-3-7-11(10)16-12/h2-3,6-7,9H,4-5,8H2,1H3,(H2,14,15,16). The predicted octanol–water partition coefficient (Wildman–Crippen LogP) is 3.38. The summed E-state index contributed by atoms with van der Waals surface area (Å²) in [5, 5.41) is 3.34. The molecule has 0 fully saturated rings. The fourth-order valence-corrected chi connectivity index (χ4v) is 1.86. The topological polar surface area (TPSA) is 40.7 Å². The molecule has 0 saturated heterocycles. The van der Waals surface area contributed by atoms with E-state index in [1.807, 2.05) is 24.3 Å². The highest BCUT2D eigenvalue weighted by molar-refractivity contribution is 6.17. The maximum absolute atomic E-state index is 5.66. The van der Waals surface area contributed by atoms with Crippen LogP contribution >= 0.6 is 11.6 Å². The number of hydrogen-bond acceptors (Lipinski definition) is 2. The molecule has 1 aromatic carbocycles. The highest BCUT2D eigenvalue weighted by Crippen LogP contribution is 2.14. The summed E-state index contributed by atoms with van der Waals surface area (Å²) >= 11 is 5.66. The number of H-pyrrole nitrogens is 1. The number of para-hydroxylation sites is 2. The van der Waals surface area contributed by atoms with Crippen LogP contribution in [0.25, 0.3) is 11.0 Å². The summed E-state index contributed by atoms with van der Waals surface area (Å²) in [6.07, 6.45) is 2.08. The molecule has 2 N–H and O–H groups in total. The van der Waals surface area contributed by atoms with Crippen LogP contribution in [0.2, 0.25) is 0 Å². The minimum atomic E-state index is 0.388. The Balaban J connectivity index is 2.03. The minimum Gasteiger partial charge on any atom is -0.353 e. The number of anilines is 1. The van der Waals surface area contributed by atoms with Gasteiger partial charge in [-0.05, 0) is 31.9 Å². The van der Waals surface area contributed by atoms with Gasteiger partial charge in [0.05, 0.1) is 11.0 Å². The van der Waals surface area contributed by atoms with Crippen LogP contribution in [0, 0.1) is 0 Å². The van der Waals surface area contributed by atoms with Gasteiger partial charge in [-0.15, -0.1) is 11.6 Å². The number of hydrogen-bond donors (Lipinski definition) is 2. The largest absolute Gasteiger partial charge is 0.353 e. The summed E-state index contributed by atoms with van der Waals surface area (Å²) in [5.74, 6) is 1.55. The lowest BCUT2D eigenvalue weighted by Crippen LogP contribution is -2.15. The van der Waals surface area contributed by atoms with Gasteiger partial charge in [-0.2, -0.15) is 0 Å². The first kappa shape index (κ1) is 11.3. The van der Waals surface area contributed by atoms with Gasteiger partial charge in [0.1, 0.15) is 0 Å². The zero-order chi connectivity index (χ0) is 11.4. The molecule has 4 heteroatoms. The van der Waals surface area contributed by atoms with Crippen molar-refractivity contribution in [3.8, 4) is 0 Å². The van der Waals surface area contributed by atoms with Gasteiger partial charge < -0.3 is 10.3 Å². The Morgan fingerprint density at radius 2 is 2.25 bits per heavy atom. The normalized spacial score (nSPS) is 12.9. The molecule has 1 unspecified atom stereocenters. The van der Waals surface area contributed by atoms with E-state index >= 15 is 0 Å². The van der Waals surface area contributed by atoms with Crippen molar-refractivity contribution in [2.24, 2.45) is 0 Å². The molecule has 86 valence electrons. The fraction of sp³-hybridized carbons (Fsp3) is 0.417. The van der Waals surface area contributed by atoms with Crippen LogP contribution in [-0.4, -0.2) is 21.9 Å². The number of aromatic nitrogens is 2. The number of imidazole rings is 1. The first-order valence-corrected chi connectivity index (χ1v) is 6.10. The summed E-state index contributed by atoms with van der Waals surface area (Å²) in [4.78, 5) is 7.71. The first-order valence-electron chi connectivity index (χ1n) is 5.57. The Labute approximate surface area is 100 Å². The molecular weight excluding hydrogens is 222 g/mol. The fourth-order valence-electron chi connectivity index (χ4n) is 1.71. The third-order valence-corrected chi connectivity index (χ3v) is 2.81. The maximum atomic E-state index is 5.66. The van der Waals surface area contributed by atoms with Crippen molar-refractivity contribution in [1.82, 2.24) is 9.97 Å². The first-order chi connectivity index (χ1) is 7.79. The van der Waals surface area contributed by atoms with Crippen LogP contribution in [0.15, 0.2) is 24.3 Å². The minimum absolute atomic E-state index is 0.388. The smallest absolute Gasteiger partial charge is 0.201 e. The molecule has 0 aliphatic rings. The van der Waals surface area contributed by atoms with Gasteiger partial charge in [0.25, 0.3) is 0 Å². The summed E-state index contributed by atoms with van der Waals surface area (Å²) in [6, 6.07) is 8.40. The highest BCUT2D eigenvalue weighted by atomic mass is 35.5. The van der Waals surface area contributed by atoms with Crippen molar-refractivity contribution in [2.45, 2.75) is 25.8 Å². The van der Waals surface area contributed by atoms with E-state index < -0.39 is 0 Å². The molecule has 1 aromatic heterocycles. The van der Waals surface area contributed by atoms with Crippen LogP contribution in [-0.2, 0) is 0 Å². The van der Waals surface area contributed by atoms with Gasteiger partial charge in [0, 0.05) is 11.9 Å². The molecule has 2 rings (SSSR count). The number of rotatable bonds is 5. The number of nitrogens with one attached hydrogen (secondary N) is 2. The summed E-state index contributed by atoms with van der Waals surface area (Å²) < 4.78 is 0. The van der Waals surface area contributed by atoms with E-state index in [1.165, 1.54) is 0 Å². The third kappa shape index (κ3) is 2.67. The second-order valence-electron chi connectivity index (χ2n) is 3.98. The molecule has 0 radical (unpaired) electrons. The predicted molar refractivity (Wildman–Crippen MR) is 69.1 cm³/mol. The van der Waals surface area contributed by atoms with Gasteiger partial charge in [0.2, 0.25) is 5.95 Å². The molecule has 0 amide bonds. The van der Waals surface area contributed by atoms with Gasteiger partial charge in [-0.25, -0.2) is 4.98 Å². The number of benzene rings is 1. The van der Waals surface area contributed by atoms with E-state index in [0.717, 1.165) is 29.8 Å². The van der Waals surface area contributed by atoms with Crippen molar-refractivity contribution < 1.29 is 0 Å². The van der Waals surface area contributed by atoms with Crippen LogP contribution in [0.3, 0.4) is 0 Å². The van der Waals surface area contributed by atoms with Gasteiger partial charge in [-0.3, -0.25) is 0 Å². The van der Waals surface area contributed by atoms with Crippen molar-refractivity contribution in [3.05, 3.63) is 24.3 Å². The van der Waals surface area contributed by atoms with Gasteiger partial charge in [-0.1, -0.05) is 12.1 Å². The molecule has 3 nitrogen and oxygen atoms in total. The van der Waals surface area contributed by atoms with Crippen molar-refractivity contribution in [2.75, 3.05) is 11.2 Å². The molecule has 0 aliphatic carbocycles. The Bertz CT molecular complexity index is 419. The quantitative estimate of drug-likeness (QED) is 0.783. The summed E-state index contributed by atoms with van der Waals surface area (Å²) in [7, 11) is 0. The zero-order valence-corrected chi connectivity index (χ0v) is 10.1. The Kier molecular flexibility index (Phi) is 3.67. The van der Waals surface area contributed by atoms with E-state index in [-0.39, 0.29) is 0 Å². The number of fused-ring (bicyclic) bond motifs is 1. The van der Waals surface area contributed by atoms with E-state index in [4.69, 9.17) is 11.6 Å². The monoisotopic (exact) mass is 237 g/mol. The van der Waals surface area contributed by atoms with Crippen LogP contribution in [0.4, 0.5) is 5.95 Å². The second-order valence-corrected chi connectivity index (χ2v) is 4.36. The summed E-state index contributed by atoms with van der Waals surface area (Å²) in [5.41, 5.74) is 2.06. The lowest BCUT2D eigenvalue weighted by Gasteiger charge is -2.11. The number of aromatic amines is 1. The third-order valence-electron chi connectivity index (χ3n) is 2.54. The molecule has 2 aromatic rings. The zero-order valence-electron chi connectivity index (χ0n) is 9.33. The number of halogens is 1. The average molecular weight is 238 g/mol. The SMILES string of the molecule is CC(CCCCl)Nc1nc2ccccc2[nH]1. The second kappa shape index (κ2) is 5.21. The summed E-state index contributed by atoms with van der Waals surface area (Å²) in [6.45, 7) is 2.14. The number of alkyl halides is 1. The lowest BCUT2D eigenvalue weighted by molar-refractivity contribution is 0.688. The molecule has 1 heterocycles. The van der Waals surface area contributed by atoms with Gasteiger partial charge in [0.15, 0.2) is 0 Å². The van der Waals surface area contributed by atoms with E-state index in [2.05, 4.69) is 22.2 Å². The molecule has 0 aliphatic heterocycles. The van der Waals surface area contributed by atoms with E-state index in [9.17, 15) is 0 Å². The molecule has 0 saturated carbocycles. The molecule has 1 atom stereocenters. The molecule has 16 heavy (non-hydrogen) atoms. The van der Waals surface area contributed by atoms with Crippen molar-refractivity contribution in [1.29, 1.82) is 0 Å².